The van der Waals surface area contributed by atoms with Crippen LogP contribution in [0.3, 0.4) is 0 Å². The van der Waals surface area contributed by atoms with Gasteiger partial charge in [0.15, 0.2) is 0 Å². The Kier molecular flexibility index (Phi) is 4.36. The monoisotopic (exact) mass is 203 g/mol. The molecule has 0 aliphatic carbocycles. The summed E-state index contributed by atoms with van der Waals surface area (Å²) in [5.74, 6) is -0.354. The van der Waals surface area contributed by atoms with Crippen LogP contribution in [0.2, 0.25) is 0 Å². The van der Waals surface area contributed by atoms with Crippen molar-refractivity contribution in [2.75, 3.05) is 20.2 Å². The van der Waals surface area contributed by atoms with E-state index in [4.69, 9.17) is 10.8 Å². The number of primary amides is 1. The second kappa shape index (κ2) is 4.80. The van der Waals surface area contributed by atoms with Crippen molar-refractivity contribution in [1.29, 1.82) is 0 Å². The number of hydrogen-bond donors (Lipinski definition) is 3. The maximum absolute atomic E-state index is 11.5. The molecule has 0 fully saturated rings. The van der Waals surface area contributed by atoms with E-state index in [0.717, 1.165) is 4.90 Å². The molecular weight excluding hydrogens is 186 g/mol. The van der Waals surface area contributed by atoms with Crippen LogP contribution in [0.1, 0.15) is 13.8 Å². The Balaban J connectivity index is 4.44. The van der Waals surface area contributed by atoms with Gasteiger partial charge in [0.05, 0.1) is 6.61 Å². The molecule has 6 heteroatoms. The van der Waals surface area contributed by atoms with Crippen molar-refractivity contribution in [1.82, 2.24) is 10.2 Å². The Hall–Kier alpha value is -1.30. The molecule has 6 nitrogen and oxygen atoms in total. The van der Waals surface area contributed by atoms with E-state index >= 15 is 0 Å². The van der Waals surface area contributed by atoms with Crippen LogP contribution >= 0.6 is 0 Å². The number of aliphatic hydroxyl groups excluding tert-OH is 1. The third kappa shape index (κ3) is 2.88. The third-order valence-electron chi connectivity index (χ3n) is 2.12. The van der Waals surface area contributed by atoms with Gasteiger partial charge in [0.25, 0.3) is 0 Å². The summed E-state index contributed by atoms with van der Waals surface area (Å²) in [6, 6.07) is -0.672. The van der Waals surface area contributed by atoms with Gasteiger partial charge in [-0.05, 0) is 13.8 Å². The number of nitrogens with one attached hydrogen (secondary N) is 1. The lowest BCUT2D eigenvalue weighted by atomic mass is 10.0. The molecule has 0 bridgehead atoms. The Morgan fingerprint density at radius 3 is 2.36 bits per heavy atom. The van der Waals surface area contributed by atoms with Crippen molar-refractivity contribution in [2.45, 2.75) is 19.4 Å². The van der Waals surface area contributed by atoms with Gasteiger partial charge in [-0.1, -0.05) is 0 Å². The summed E-state index contributed by atoms with van der Waals surface area (Å²) in [4.78, 5) is 23.5. The second-order valence-electron chi connectivity index (χ2n) is 3.44. The number of urea groups is 1. The number of carbonyl (C=O) groups is 2. The number of likely N-dealkylation sites (N-methyl/N-ethyl adjacent to an activating group) is 1. The molecule has 0 radical (unpaired) electrons. The zero-order valence-corrected chi connectivity index (χ0v) is 8.70. The molecule has 0 unspecified atom stereocenters. The van der Waals surface area contributed by atoms with E-state index in [2.05, 4.69) is 5.32 Å². The number of amides is 3. The van der Waals surface area contributed by atoms with Gasteiger partial charge in [-0.25, -0.2) is 4.79 Å². The largest absolute Gasteiger partial charge is 0.395 e. The molecule has 0 heterocycles. The number of aliphatic hydroxyl groups is 1. The zero-order valence-electron chi connectivity index (χ0n) is 8.70. The smallest absolute Gasteiger partial charge is 0.315 e. The molecule has 0 aliphatic heterocycles. The number of hydrogen-bond acceptors (Lipinski definition) is 3. The average Bonchev–Trinajstić information content (AvgIpc) is 2.12. The van der Waals surface area contributed by atoms with Crippen LogP contribution in [-0.2, 0) is 4.79 Å². The molecule has 0 rings (SSSR count). The molecule has 0 aromatic rings. The van der Waals surface area contributed by atoms with E-state index in [0.29, 0.717) is 0 Å². The molecule has 0 aromatic carbocycles. The summed E-state index contributed by atoms with van der Waals surface area (Å²) >= 11 is 0. The molecule has 82 valence electrons. The zero-order chi connectivity index (χ0) is 11.4. The van der Waals surface area contributed by atoms with E-state index in [1.165, 1.54) is 7.05 Å². The Bertz CT molecular complexity index is 228. The SMILES string of the molecule is CN(C(N)=O)C(C)(C)C(=O)NCCO. The average molecular weight is 203 g/mol. The second-order valence-corrected chi connectivity index (χ2v) is 3.44. The van der Waals surface area contributed by atoms with Gasteiger partial charge in [-0.15, -0.1) is 0 Å². The van der Waals surface area contributed by atoms with Crippen molar-refractivity contribution in [3.63, 3.8) is 0 Å². The first-order valence-corrected chi connectivity index (χ1v) is 4.26. The highest BCUT2D eigenvalue weighted by molar-refractivity contribution is 5.89. The molecule has 0 saturated heterocycles. The maximum atomic E-state index is 11.5. The van der Waals surface area contributed by atoms with Gasteiger partial charge in [0.2, 0.25) is 5.91 Å². The topological polar surface area (TPSA) is 95.7 Å². The number of nitrogens with two attached hydrogens (primary N) is 1. The van der Waals surface area contributed by atoms with Gasteiger partial charge in [0.1, 0.15) is 5.54 Å². The lowest BCUT2D eigenvalue weighted by Crippen LogP contribution is -2.57. The third-order valence-corrected chi connectivity index (χ3v) is 2.12. The van der Waals surface area contributed by atoms with Crippen LogP contribution in [0.25, 0.3) is 0 Å². The lowest BCUT2D eigenvalue weighted by molar-refractivity contribution is -0.129. The molecule has 4 N–H and O–H groups in total. The molecule has 0 saturated carbocycles. The van der Waals surface area contributed by atoms with Gasteiger partial charge in [0, 0.05) is 13.6 Å². The summed E-state index contributed by atoms with van der Waals surface area (Å²) in [5.41, 5.74) is 4.03. The van der Waals surface area contributed by atoms with E-state index in [-0.39, 0.29) is 19.1 Å². The minimum Gasteiger partial charge on any atom is -0.395 e. The predicted octanol–water partition coefficient (Wildman–Crippen LogP) is -1.12. The van der Waals surface area contributed by atoms with Crippen LogP contribution in [0.15, 0.2) is 0 Å². The Morgan fingerprint density at radius 2 is 2.00 bits per heavy atom. The Labute approximate surface area is 83.1 Å². The first-order chi connectivity index (χ1) is 6.34. The summed E-state index contributed by atoms with van der Waals surface area (Å²) in [7, 11) is 1.45. The maximum Gasteiger partial charge on any atom is 0.315 e. The Morgan fingerprint density at radius 1 is 1.50 bits per heavy atom. The van der Waals surface area contributed by atoms with Crippen LogP contribution in [0, 0.1) is 0 Å². The van der Waals surface area contributed by atoms with Crippen LogP contribution in [-0.4, -0.2) is 47.7 Å². The predicted molar refractivity (Wildman–Crippen MR) is 51.5 cm³/mol. The number of rotatable bonds is 4. The lowest BCUT2D eigenvalue weighted by Gasteiger charge is -2.32. The highest BCUT2D eigenvalue weighted by Crippen LogP contribution is 2.11. The molecular formula is C8H17N3O3. The van der Waals surface area contributed by atoms with Gasteiger partial charge in [-0.2, -0.15) is 0 Å². The highest BCUT2D eigenvalue weighted by atomic mass is 16.3. The van der Waals surface area contributed by atoms with Gasteiger partial charge in [-0.3, -0.25) is 4.79 Å². The van der Waals surface area contributed by atoms with E-state index in [9.17, 15) is 9.59 Å². The van der Waals surface area contributed by atoms with E-state index in [1.54, 1.807) is 13.8 Å². The highest BCUT2D eigenvalue weighted by Gasteiger charge is 2.33. The fourth-order valence-corrected chi connectivity index (χ4v) is 0.814. The first kappa shape index (κ1) is 12.7. The van der Waals surface area contributed by atoms with Crippen molar-refractivity contribution >= 4 is 11.9 Å². The van der Waals surface area contributed by atoms with Crippen LogP contribution < -0.4 is 11.1 Å². The summed E-state index contributed by atoms with van der Waals surface area (Å²) in [5, 5.41) is 11.0. The molecule has 0 spiro atoms. The quantitative estimate of drug-likeness (QED) is 0.540. The van der Waals surface area contributed by atoms with E-state index in [1.807, 2.05) is 0 Å². The molecule has 0 aromatic heterocycles. The molecule has 14 heavy (non-hydrogen) atoms. The minimum absolute atomic E-state index is 0.137. The van der Waals surface area contributed by atoms with Crippen molar-refractivity contribution < 1.29 is 14.7 Å². The van der Waals surface area contributed by atoms with Crippen molar-refractivity contribution in [3.05, 3.63) is 0 Å². The van der Waals surface area contributed by atoms with Crippen molar-refractivity contribution in [3.8, 4) is 0 Å². The van der Waals surface area contributed by atoms with Crippen molar-refractivity contribution in [2.24, 2.45) is 5.73 Å². The molecule has 0 atom stereocenters. The normalized spacial score (nSPS) is 10.9. The number of nitrogens with zero attached hydrogens (tertiary/aromatic N) is 1. The van der Waals surface area contributed by atoms with Crippen LogP contribution in [0.4, 0.5) is 4.79 Å². The minimum atomic E-state index is -1.01. The molecule has 0 aliphatic rings. The van der Waals surface area contributed by atoms with Gasteiger partial charge >= 0.3 is 6.03 Å². The van der Waals surface area contributed by atoms with Gasteiger partial charge < -0.3 is 21.1 Å². The fraction of sp³-hybridized carbons (Fsp3) is 0.750. The summed E-state index contributed by atoms with van der Waals surface area (Å²) in [6.45, 7) is 3.17. The first-order valence-electron chi connectivity index (χ1n) is 4.26. The summed E-state index contributed by atoms with van der Waals surface area (Å²) in [6.07, 6.45) is 0. The van der Waals surface area contributed by atoms with Crippen LogP contribution in [0.5, 0.6) is 0 Å². The molecule has 3 amide bonds. The fourth-order valence-electron chi connectivity index (χ4n) is 0.814. The van der Waals surface area contributed by atoms with E-state index < -0.39 is 11.6 Å². The summed E-state index contributed by atoms with van der Waals surface area (Å²) < 4.78 is 0. The standard InChI is InChI=1S/C8H17N3O3/c1-8(2,11(3)7(9)14)6(13)10-4-5-12/h12H,4-5H2,1-3H3,(H2,9,14)(H,10,13). The number of carbonyl (C=O) groups excluding carboxylic acids is 2.